The van der Waals surface area contributed by atoms with Crippen molar-refractivity contribution in [3.63, 3.8) is 0 Å². The zero-order valence-electron chi connectivity index (χ0n) is 13.8. The fraction of sp³-hybridized carbons (Fsp3) is 0.765. The molecule has 1 amide bonds. The lowest BCUT2D eigenvalue weighted by molar-refractivity contribution is 0.0238. The van der Waals surface area contributed by atoms with Crippen LogP contribution in [-0.4, -0.2) is 39.1 Å². The summed E-state index contributed by atoms with van der Waals surface area (Å²) in [5.74, 6) is 1.33. The molecule has 0 bridgehead atoms. The molecule has 1 aromatic rings. The number of carbonyl (C=O) groups excluding carboxylic acids is 1. The lowest BCUT2D eigenvalue weighted by Gasteiger charge is -2.36. The number of carbonyl (C=O) groups is 1. The van der Waals surface area contributed by atoms with Gasteiger partial charge in [-0.3, -0.25) is 4.79 Å². The fourth-order valence-electron chi connectivity index (χ4n) is 4.03. The highest BCUT2D eigenvalue weighted by Crippen LogP contribution is 2.44. The quantitative estimate of drug-likeness (QED) is 0.932. The van der Waals surface area contributed by atoms with Gasteiger partial charge in [0.2, 0.25) is 5.76 Å². The first-order valence-corrected chi connectivity index (χ1v) is 8.40. The predicted molar refractivity (Wildman–Crippen MR) is 82.6 cm³/mol. The van der Waals surface area contributed by atoms with Crippen molar-refractivity contribution >= 4 is 5.91 Å². The molecule has 0 aromatic carbocycles. The van der Waals surface area contributed by atoms with E-state index in [1.807, 2.05) is 11.8 Å². The molecule has 22 heavy (non-hydrogen) atoms. The summed E-state index contributed by atoms with van der Waals surface area (Å²) in [6.07, 6.45) is 4.94. The number of hydrogen-bond acceptors (Lipinski definition) is 4. The standard InChI is InChI=1S/C17H26N2O3/c1-11(2)10-14-18-12(3)15(22-14)16(21)19-9-6-13(20)17(19)7-4-5-8-17/h11,13,20H,4-10H2,1-3H3. The van der Waals surface area contributed by atoms with E-state index < -0.39 is 6.10 Å². The second-order valence-electron chi connectivity index (χ2n) is 7.19. The van der Waals surface area contributed by atoms with Crippen molar-refractivity contribution < 1.29 is 14.3 Å². The molecule has 1 saturated carbocycles. The molecule has 1 aromatic heterocycles. The van der Waals surface area contributed by atoms with Crippen LogP contribution in [0, 0.1) is 12.8 Å². The third-order valence-corrected chi connectivity index (χ3v) is 5.12. The van der Waals surface area contributed by atoms with Crippen LogP contribution in [0.1, 0.15) is 68.1 Å². The Morgan fingerprint density at radius 2 is 2.14 bits per heavy atom. The van der Waals surface area contributed by atoms with E-state index in [-0.39, 0.29) is 11.4 Å². The van der Waals surface area contributed by atoms with Gasteiger partial charge >= 0.3 is 0 Å². The van der Waals surface area contributed by atoms with E-state index in [1.54, 1.807) is 0 Å². The molecule has 122 valence electrons. The van der Waals surface area contributed by atoms with E-state index in [2.05, 4.69) is 18.8 Å². The minimum absolute atomic E-state index is 0.0987. The molecular formula is C17H26N2O3. The number of rotatable bonds is 3. The molecule has 1 N–H and O–H groups in total. The third-order valence-electron chi connectivity index (χ3n) is 5.12. The largest absolute Gasteiger partial charge is 0.435 e. The van der Waals surface area contributed by atoms with E-state index in [9.17, 15) is 9.90 Å². The molecule has 2 fully saturated rings. The normalized spacial score (nSPS) is 23.9. The van der Waals surface area contributed by atoms with Crippen LogP contribution in [-0.2, 0) is 6.42 Å². The van der Waals surface area contributed by atoms with Crippen LogP contribution < -0.4 is 0 Å². The summed E-state index contributed by atoms with van der Waals surface area (Å²) in [5, 5.41) is 10.4. The first-order valence-electron chi connectivity index (χ1n) is 8.40. The van der Waals surface area contributed by atoms with Gasteiger partial charge in [0, 0.05) is 13.0 Å². The summed E-state index contributed by atoms with van der Waals surface area (Å²) in [6, 6.07) is 0. The molecule has 2 aliphatic rings. The Morgan fingerprint density at radius 3 is 2.77 bits per heavy atom. The van der Waals surface area contributed by atoms with Gasteiger partial charge in [0.15, 0.2) is 5.89 Å². The van der Waals surface area contributed by atoms with Gasteiger partial charge in [0.05, 0.1) is 17.3 Å². The zero-order chi connectivity index (χ0) is 15.9. The van der Waals surface area contributed by atoms with Crippen LogP contribution in [0.2, 0.25) is 0 Å². The fourth-order valence-corrected chi connectivity index (χ4v) is 4.03. The van der Waals surface area contributed by atoms with Crippen LogP contribution in [0.4, 0.5) is 0 Å². The molecule has 5 heteroatoms. The highest BCUT2D eigenvalue weighted by molar-refractivity contribution is 5.93. The number of nitrogens with zero attached hydrogens (tertiary/aromatic N) is 2. The number of aliphatic hydroxyl groups excluding tert-OH is 1. The molecule has 1 aliphatic heterocycles. The molecule has 5 nitrogen and oxygen atoms in total. The molecule has 1 spiro atoms. The minimum Gasteiger partial charge on any atom is -0.435 e. The van der Waals surface area contributed by atoms with E-state index in [1.165, 1.54) is 0 Å². The van der Waals surface area contributed by atoms with Crippen LogP contribution >= 0.6 is 0 Å². The maximum Gasteiger partial charge on any atom is 0.292 e. The van der Waals surface area contributed by atoms with E-state index >= 15 is 0 Å². The Morgan fingerprint density at radius 1 is 1.45 bits per heavy atom. The highest BCUT2D eigenvalue weighted by atomic mass is 16.4. The van der Waals surface area contributed by atoms with Crippen molar-refractivity contribution in [1.29, 1.82) is 0 Å². The van der Waals surface area contributed by atoms with Gasteiger partial charge in [-0.2, -0.15) is 0 Å². The van der Waals surface area contributed by atoms with Gasteiger partial charge in [-0.05, 0) is 32.1 Å². The molecule has 1 atom stereocenters. The van der Waals surface area contributed by atoms with Gasteiger partial charge in [-0.15, -0.1) is 0 Å². The number of amides is 1. The van der Waals surface area contributed by atoms with Crippen molar-refractivity contribution in [3.05, 3.63) is 17.3 Å². The number of hydrogen-bond donors (Lipinski definition) is 1. The maximum atomic E-state index is 13.0. The second-order valence-corrected chi connectivity index (χ2v) is 7.19. The molecule has 0 radical (unpaired) electrons. The van der Waals surface area contributed by atoms with Crippen LogP contribution in [0.25, 0.3) is 0 Å². The summed E-state index contributed by atoms with van der Waals surface area (Å²) in [7, 11) is 0. The first kappa shape index (κ1) is 15.5. The van der Waals surface area contributed by atoms with E-state index in [0.717, 1.165) is 32.1 Å². The van der Waals surface area contributed by atoms with Gasteiger partial charge in [0.25, 0.3) is 5.91 Å². The van der Waals surface area contributed by atoms with Gasteiger partial charge in [-0.1, -0.05) is 26.7 Å². The average Bonchev–Trinajstić information content (AvgIpc) is 3.13. The van der Waals surface area contributed by atoms with Crippen molar-refractivity contribution in [1.82, 2.24) is 9.88 Å². The third kappa shape index (κ3) is 2.45. The number of aromatic nitrogens is 1. The van der Waals surface area contributed by atoms with Crippen molar-refractivity contribution in [3.8, 4) is 0 Å². The predicted octanol–water partition coefficient (Wildman–Crippen LogP) is 2.70. The van der Waals surface area contributed by atoms with E-state index in [0.29, 0.717) is 36.2 Å². The zero-order valence-corrected chi connectivity index (χ0v) is 13.8. The maximum absolute atomic E-state index is 13.0. The number of aryl methyl sites for hydroxylation is 1. The Balaban J connectivity index is 1.86. The lowest BCUT2D eigenvalue weighted by atomic mass is 9.91. The highest BCUT2D eigenvalue weighted by Gasteiger charge is 2.52. The molecule has 3 rings (SSSR count). The average molecular weight is 306 g/mol. The monoisotopic (exact) mass is 306 g/mol. The summed E-state index contributed by atoms with van der Waals surface area (Å²) in [4.78, 5) is 19.2. The molecule has 1 saturated heterocycles. The molecule has 2 heterocycles. The van der Waals surface area contributed by atoms with Crippen molar-refractivity contribution in [2.75, 3.05) is 6.54 Å². The van der Waals surface area contributed by atoms with Gasteiger partial charge in [-0.25, -0.2) is 4.98 Å². The summed E-state index contributed by atoms with van der Waals surface area (Å²) >= 11 is 0. The minimum atomic E-state index is -0.405. The van der Waals surface area contributed by atoms with Gasteiger partial charge < -0.3 is 14.4 Å². The Labute approximate surface area is 131 Å². The first-order chi connectivity index (χ1) is 10.4. The van der Waals surface area contributed by atoms with Crippen molar-refractivity contribution in [2.24, 2.45) is 5.92 Å². The number of oxazole rings is 1. The van der Waals surface area contributed by atoms with Crippen LogP contribution in [0.5, 0.6) is 0 Å². The Bertz CT molecular complexity index is 558. The van der Waals surface area contributed by atoms with Crippen LogP contribution in [0.15, 0.2) is 4.42 Å². The number of likely N-dealkylation sites (tertiary alicyclic amines) is 1. The second kappa shape index (κ2) is 5.69. The Kier molecular flexibility index (Phi) is 4.02. The molecule has 1 unspecified atom stereocenters. The molecule has 1 aliphatic carbocycles. The smallest absolute Gasteiger partial charge is 0.292 e. The summed E-state index contributed by atoms with van der Waals surface area (Å²) in [6.45, 7) is 6.64. The van der Waals surface area contributed by atoms with Gasteiger partial charge in [0.1, 0.15) is 0 Å². The van der Waals surface area contributed by atoms with E-state index in [4.69, 9.17) is 4.42 Å². The summed E-state index contributed by atoms with van der Waals surface area (Å²) in [5.41, 5.74) is 0.296. The lowest BCUT2D eigenvalue weighted by Crippen LogP contribution is -2.50. The summed E-state index contributed by atoms with van der Waals surface area (Å²) < 4.78 is 5.75. The topological polar surface area (TPSA) is 66.6 Å². The number of aliphatic hydroxyl groups is 1. The SMILES string of the molecule is Cc1nc(CC(C)C)oc1C(=O)N1CCC(O)C12CCCC2. The van der Waals surface area contributed by atoms with Crippen LogP contribution in [0.3, 0.4) is 0 Å². The Hall–Kier alpha value is -1.36. The molecular weight excluding hydrogens is 280 g/mol. The van der Waals surface area contributed by atoms with Crippen molar-refractivity contribution in [2.45, 2.75) is 70.9 Å².